The molecule has 2 amide bonds. The van der Waals surface area contributed by atoms with Crippen LogP contribution in [0.3, 0.4) is 0 Å². The summed E-state index contributed by atoms with van der Waals surface area (Å²) in [5.41, 5.74) is 0. The summed E-state index contributed by atoms with van der Waals surface area (Å²) in [6, 6.07) is -1.69. The van der Waals surface area contributed by atoms with Gasteiger partial charge in [-0.1, -0.05) is 0 Å². The van der Waals surface area contributed by atoms with Gasteiger partial charge in [0.05, 0.1) is 24.9 Å². The van der Waals surface area contributed by atoms with Crippen molar-refractivity contribution < 1.29 is 24.5 Å². The number of nitrogens with one attached hydrogen (secondary N) is 1. The topological polar surface area (TPSA) is 99.1 Å². The zero-order valence-electron chi connectivity index (χ0n) is 10.9. The average Bonchev–Trinajstić information content (AvgIpc) is 2.82. The van der Waals surface area contributed by atoms with Crippen LogP contribution in [0.4, 0.5) is 4.79 Å². The number of hydrogen-bond donors (Lipinski definition) is 3. The van der Waals surface area contributed by atoms with Gasteiger partial charge in [0.2, 0.25) is 0 Å². The third-order valence-corrected chi connectivity index (χ3v) is 3.77. The van der Waals surface area contributed by atoms with Gasteiger partial charge in [-0.2, -0.15) is 0 Å². The molecule has 2 aliphatic rings. The molecule has 2 rings (SSSR count). The number of aliphatic hydroxyl groups excluding tert-OH is 1. The maximum atomic E-state index is 12.1. The summed E-state index contributed by atoms with van der Waals surface area (Å²) < 4.78 is 5.59. The largest absolute Gasteiger partial charge is 0.480 e. The van der Waals surface area contributed by atoms with Crippen LogP contribution in [0.2, 0.25) is 0 Å². The van der Waals surface area contributed by atoms with Gasteiger partial charge in [0.1, 0.15) is 0 Å². The highest BCUT2D eigenvalue weighted by Gasteiger charge is 2.39. The molecule has 0 aromatic carbocycles. The van der Waals surface area contributed by atoms with Crippen LogP contribution in [0.15, 0.2) is 0 Å². The highest BCUT2D eigenvalue weighted by molar-refractivity contribution is 5.83. The van der Waals surface area contributed by atoms with Crippen LogP contribution in [0.5, 0.6) is 0 Å². The summed E-state index contributed by atoms with van der Waals surface area (Å²) in [4.78, 5) is 24.8. The second kappa shape index (κ2) is 5.75. The Balaban J connectivity index is 2.00. The molecule has 19 heavy (non-hydrogen) atoms. The number of carbonyl (C=O) groups excluding carboxylic acids is 1. The van der Waals surface area contributed by atoms with Crippen molar-refractivity contribution in [3.05, 3.63) is 0 Å². The fourth-order valence-corrected chi connectivity index (χ4v) is 2.78. The molecule has 0 aromatic heterocycles. The second-order valence-electron chi connectivity index (χ2n) is 5.11. The van der Waals surface area contributed by atoms with E-state index in [1.165, 1.54) is 6.92 Å². The molecule has 3 N–H and O–H groups in total. The van der Waals surface area contributed by atoms with E-state index in [0.29, 0.717) is 13.2 Å². The Bertz CT molecular complexity index is 360. The summed E-state index contributed by atoms with van der Waals surface area (Å²) in [7, 11) is 0. The first-order chi connectivity index (χ1) is 9.00. The van der Waals surface area contributed by atoms with E-state index in [0.717, 1.165) is 19.3 Å². The Morgan fingerprint density at radius 2 is 2.16 bits per heavy atom. The number of urea groups is 1. The molecule has 1 saturated carbocycles. The third-order valence-electron chi connectivity index (χ3n) is 3.77. The van der Waals surface area contributed by atoms with Crippen molar-refractivity contribution in [1.29, 1.82) is 0 Å². The van der Waals surface area contributed by atoms with E-state index in [2.05, 4.69) is 5.32 Å². The predicted octanol–water partition coefficient (Wildman–Crippen LogP) is -0.217. The van der Waals surface area contributed by atoms with Gasteiger partial charge in [-0.15, -0.1) is 0 Å². The number of aliphatic carboxylic acids is 1. The molecule has 2 fully saturated rings. The normalized spacial score (nSPS) is 29.5. The zero-order valence-corrected chi connectivity index (χ0v) is 10.9. The van der Waals surface area contributed by atoms with E-state index in [-0.39, 0.29) is 12.1 Å². The van der Waals surface area contributed by atoms with Gasteiger partial charge in [0.25, 0.3) is 0 Å². The van der Waals surface area contributed by atoms with E-state index in [9.17, 15) is 14.7 Å². The lowest BCUT2D eigenvalue weighted by Crippen LogP contribution is -2.58. The average molecular weight is 272 g/mol. The van der Waals surface area contributed by atoms with Crippen LogP contribution >= 0.6 is 0 Å². The number of nitrogens with zero attached hydrogens (tertiary/aromatic N) is 1. The van der Waals surface area contributed by atoms with Crippen molar-refractivity contribution in [3.63, 3.8) is 0 Å². The molecule has 4 unspecified atom stereocenters. The first-order valence-corrected chi connectivity index (χ1v) is 6.60. The minimum Gasteiger partial charge on any atom is -0.480 e. The van der Waals surface area contributed by atoms with Gasteiger partial charge in [-0.25, -0.2) is 9.59 Å². The molecule has 1 aliphatic heterocycles. The predicted molar refractivity (Wildman–Crippen MR) is 65.7 cm³/mol. The number of rotatable bonds is 3. The molecule has 0 spiro atoms. The van der Waals surface area contributed by atoms with E-state index in [1.54, 1.807) is 4.90 Å². The molecule has 7 heteroatoms. The number of carboxylic acids is 1. The number of fused-ring (bicyclic) bond motifs is 1. The molecule has 0 aromatic rings. The van der Waals surface area contributed by atoms with E-state index in [1.807, 2.05) is 0 Å². The van der Waals surface area contributed by atoms with Crippen molar-refractivity contribution >= 4 is 12.0 Å². The maximum absolute atomic E-state index is 12.1. The van der Waals surface area contributed by atoms with Crippen LogP contribution in [0, 0.1) is 0 Å². The number of ether oxygens (including phenoxy) is 1. The maximum Gasteiger partial charge on any atom is 0.328 e. The Kier molecular flexibility index (Phi) is 4.26. The summed E-state index contributed by atoms with van der Waals surface area (Å²) in [5, 5.41) is 20.7. The van der Waals surface area contributed by atoms with Gasteiger partial charge < -0.3 is 25.2 Å². The minimum absolute atomic E-state index is 0.0252. The lowest BCUT2D eigenvalue weighted by atomic mass is 10.1. The van der Waals surface area contributed by atoms with Crippen LogP contribution in [0.1, 0.15) is 26.2 Å². The van der Waals surface area contributed by atoms with Gasteiger partial charge in [0, 0.05) is 6.54 Å². The molecular formula is C12H20N2O5. The molecule has 0 radical (unpaired) electrons. The first kappa shape index (κ1) is 14.1. The third kappa shape index (κ3) is 2.98. The summed E-state index contributed by atoms with van der Waals surface area (Å²) in [6.45, 7) is 2.27. The Hall–Kier alpha value is -1.34. The van der Waals surface area contributed by atoms with Crippen molar-refractivity contribution in [2.75, 3.05) is 13.2 Å². The number of aliphatic hydroxyl groups is 1. The molecule has 1 saturated heterocycles. The standard InChI is InChI=1S/C12H20N2O5/c1-7(15)10(11(16)17)13-12(18)14-5-6-19-9-4-2-3-8(9)14/h7-10,15H,2-6H2,1H3,(H,13,18)(H,16,17). The lowest BCUT2D eigenvalue weighted by Gasteiger charge is -2.38. The van der Waals surface area contributed by atoms with Crippen LogP contribution < -0.4 is 5.32 Å². The fourth-order valence-electron chi connectivity index (χ4n) is 2.78. The van der Waals surface area contributed by atoms with Crippen molar-refractivity contribution in [3.8, 4) is 0 Å². The van der Waals surface area contributed by atoms with Crippen LogP contribution in [0.25, 0.3) is 0 Å². The molecule has 108 valence electrons. The number of carboxylic acid groups (broad SMARTS) is 1. The van der Waals surface area contributed by atoms with Crippen LogP contribution in [-0.2, 0) is 9.53 Å². The fraction of sp³-hybridized carbons (Fsp3) is 0.833. The number of carbonyl (C=O) groups is 2. The van der Waals surface area contributed by atoms with Crippen molar-refractivity contribution in [2.24, 2.45) is 0 Å². The Labute approximate surface area is 111 Å². The zero-order chi connectivity index (χ0) is 14.0. The number of morpholine rings is 1. The lowest BCUT2D eigenvalue weighted by molar-refractivity contribution is -0.141. The Morgan fingerprint density at radius 3 is 2.79 bits per heavy atom. The Morgan fingerprint density at radius 1 is 1.42 bits per heavy atom. The minimum atomic E-state index is -1.28. The van der Waals surface area contributed by atoms with Crippen molar-refractivity contribution in [1.82, 2.24) is 10.2 Å². The van der Waals surface area contributed by atoms with Gasteiger partial charge in [-0.3, -0.25) is 0 Å². The van der Waals surface area contributed by atoms with E-state index < -0.39 is 24.1 Å². The molecule has 1 aliphatic carbocycles. The molecule has 1 heterocycles. The quantitative estimate of drug-likeness (QED) is 0.660. The molecule has 7 nitrogen and oxygen atoms in total. The SMILES string of the molecule is CC(O)C(NC(=O)N1CCOC2CCCC21)C(=O)O. The van der Waals surface area contributed by atoms with Gasteiger partial charge in [0.15, 0.2) is 6.04 Å². The smallest absolute Gasteiger partial charge is 0.328 e. The summed E-state index contributed by atoms with van der Waals surface area (Å²) in [6.07, 6.45) is 1.76. The van der Waals surface area contributed by atoms with Gasteiger partial charge >= 0.3 is 12.0 Å². The highest BCUT2D eigenvalue weighted by atomic mass is 16.5. The molecule has 0 bridgehead atoms. The summed E-state index contributed by atoms with van der Waals surface area (Å²) >= 11 is 0. The van der Waals surface area contributed by atoms with Crippen LogP contribution in [-0.4, -0.2) is 64.6 Å². The summed E-state index contributed by atoms with van der Waals surface area (Å²) in [5.74, 6) is -1.24. The number of hydrogen-bond acceptors (Lipinski definition) is 4. The van der Waals surface area contributed by atoms with Crippen molar-refractivity contribution in [2.45, 2.75) is 50.5 Å². The molecular weight excluding hydrogens is 252 g/mol. The number of amides is 2. The highest BCUT2D eigenvalue weighted by Crippen LogP contribution is 2.29. The van der Waals surface area contributed by atoms with Gasteiger partial charge in [-0.05, 0) is 26.2 Å². The monoisotopic (exact) mass is 272 g/mol. The van der Waals surface area contributed by atoms with E-state index >= 15 is 0 Å². The van der Waals surface area contributed by atoms with E-state index in [4.69, 9.17) is 9.84 Å². The first-order valence-electron chi connectivity index (χ1n) is 6.60. The second-order valence-corrected chi connectivity index (χ2v) is 5.11. The molecule has 4 atom stereocenters.